The molecule has 12 nitrogen and oxygen atoms in total. The Labute approximate surface area is 564 Å². The Morgan fingerprint density at radius 2 is 0.761 bits per heavy atom. The average molecular weight is 1550 g/mol. The summed E-state index contributed by atoms with van der Waals surface area (Å²) in [6.45, 7) is 13.2. The Morgan fingerprint density at radius 1 is 0.370 bits per heavy atom. The molecule has 0 amide bonds. The van der Waals surface area contributed by atoms with Crippen molar-refractivity contribution in [3.8, 4) is 44.5 Å². The number of fused-ring (bicyclic) bond motifs is 12. The van der Waals surface area contributed by atoms with Gasteiger partial charge in [-0.25, -0.2) is 0 Å². The molecule has 4 unspecified atom stereocenters. The molecule has 0 N–H and O–H groups in total. The van der Waals surface area contributed by atoms with Gasteiger partial charge in [0.1, 0.15) is 0 Å². The predicted molar refractivity (Wildman–Crippen MR) is 347 cm³/mol. The van der Waals surface area contributed by atoms with E-state index in [1.54, 1.807) is 12.4 Å². The van der Waals surface area contributed by atoms with Crippen LogP contribution in [0.5, 0.6) is 0 Å². The van der Waals surface area contributed by atoms with Gasteiger partial charge in [0, 0.05) is 114 Å². The molecule has 4 aliphatic carbocycles. The number of rotatable bonds is 8. The van der Waals surface area contributed by atoms with Crippen molar-refractivity contribution in [2.75, 3.05) is 14.1 Å². The summed E-state index contributed by atoms with van der Waals surface area (Å²) in [5.74, 6) is 0. The first kappa shape index (κ1) is 58.7. The Hall–Kier alpha value is -9.60. The van der Waals surface area contributed by atoms with Gasteiger partial charge < -0.3 is 40.0 Å². The molecule has 18 rings (SSSR count). The van der Waals surface area contributed by atoms with Crippen molar-refractivity contribution < 1.29 is 42.1 Å². The van der Waals surface area contributed by atoms with Crippen LogP contribution in [0.25, 0.3) is 44.5 Å². The topological polar surface area (TPSA) is 118 Å². The molecule has 6 aromatic carbocycles. The first-order valence-electron chi connectivity index (χ1n) is 30.4. The van der Waals surface area contributed by atoms with Crippen molar-refractivity contribution >= 4 is 0 Å². The molecular formula is C78H58N12Pt2-6. The van der Waals surface area contributed by atoms with E-state index in [0.717, 1.165) is 78.1 Å². The Kier molecular flexibility index (Phi) is 14.1. The van der Waals surface area contributed by atoms with Crippen molar-refractivity contribution in [2.45, 2.75) is 49.6 Å². The predicted octanol–water partition coefficient (Wildman–Crippen LogP) is 13.8. The van der Waals surface area contributed by atoms with Crippen LogP contribution < -0.4 is 10.2 Å². The second kappa shape index (κ2) is 22.1. The fraction of sp³-hybridized carbons (Fsp3) is 0.128. The summed E-state index contributed by atoms with van der Waals surface area (Å²) in [6, 6.07) is 68.4. The summed E-state index contributed by atoms with van der Waals surface area (Å²) in [5.41, 5.74) is 26.6. The second-order valence-electron chi connectivity index (χ2n) is 24.1. The summed E-state index contributed by atoms with van der Waals surface area (Å²) >= 11 is 0. The Morgan fingerprint density at radius 3 is 1.21 bits per heavy atom. The molecule has 12 aromatic rings. The van der Waals surface area contributed by atoms with Crippen LogP contribution in [0.2, 0.25) is 0 Å². The molecule has 4 atom stereocenters. The van der Waals surface area contributed by atoms with Crippen LogP contribution in [0.15, 0.2) is 255 Å². The van der Waals surface area contributed by atoms with Gasteiger partial charge in [0.25, 0.3) is 0 Å². The summed E-state index contributed by atoms with van der Waals surface area (Å²) in [6.07, 6.45) is 19.1. The first-order chi connectivity index (χ1) is 44.1. The maximum Gasteiger partial charge on any atom is 0.0703 e. The van der Waals surface area contributed by atoms with Gasteiger partial charge >= 0.3 is 0 Å². The van der Waals surface area contributed by atoms with Crippen molar-refractivity contribution in [3.05, 3.63) is 358 Å². The molecule has 0 bridgehead atoms. The molecule has 6 aromatic heterocycles. The minimum absolute atomic E-state index is 0. The molecule has 14 heteroatoms. The van der Waals surface area contributed by atoms with Crippen LogP contribution in [0.3, 0.4) is 0 Å². The van der Waals surface area contributed by atoms with E-state index >= 15 is 0 Å². The van der Waals surface area contributed by atoms with E-state index in [2.05, 4.69) is 275 Å². The summed E-state index contributed by atoms with van der Waals surface area (Å²) in [7, 11) is 4.22. The SMILES string of the molecule is CC1=C(C)N(C2(c3[c-]c(C4(c5cc[n-]n5)c5ccccc5-c5ccncc54)ccc3)c3ccccc3-c3ccncc32)[CH-]N1C.CC1=C(C)N(C2(c3c[c-]c(C4(c5cc[n-]n5)c5ccccc5-c5ccncc54)cc3)c3ccccc3-c3ccncc32)[CH-]N1C.[Pt].[Pt]. The molecule has 456 valence electrons. The quantitative estimate of drug-likeness (QED) is 0.135. The molecule has 0 spiro atoms. The fourth-order valence-corrected chi connectivity index (χ4v) is 16.1. The van der Waals surface area contributed by atoms with Crippen molar-refractivity contribution in [3.63, 3.8) is 0 Å². The number of pyridine rings is 4. The zero-order valence-electron chi connectivity index (χ0n) is 51.1. The Balaban J connectivity index is 0.000000149. The molecule has 0 radical (unpaired) electrons. The van der Waals surface area contributed by atoms with E-state index < -0.39 is 21.9 Å². The van der Waals surface area contributed by atoms with E-state index in [0.29, 0.717) is 0 Å². The van der Waals surface area contributed by atoms with Crippen molar-refractivity contribution in [2.24, 2.45) is 0 Å². The fourth-order valence-electron chi connectivity index (χ4n) is 16.1. The van der Waals surface area contributed by atoms with E-state index in [-0.39, 0.29) is 42.1 Å². The average Bonchev–Trinajstić information content (AvgIpc) is 1.53. The van der Waals surface area contributed by atoms with Gasteiger partial charge in [-0.1, -0.05) is 109 Å². The summed E-state index contributed by atoms with van der Waals surface area (Å²) in [4.78, 5) is 27.8. The van der Waals surface area contributed by atoms with Crippen LogP contribution >= 0.6 is 0 Å². The number of hydrogen-bond donors (Lipinski definition) is 0. The molecule has 92 heavy (non-hydrogen) atoms. The summed E-state index contributed by atoms with van der Waals surface area (Å²) < 4.78 is 0. The standard InChI is InChI=1S/2C39H29N6.2Pt/c1-25-26(2)45(24-44(25)3)39(34-14-7-5-12-30(34)32-16-19-41-23-36(32)39)28-10-8-9-27(21-28)38(37-17-20-42-43-37)33-13-6-4-11-29(33)31-15-18-40-22-35(31)38;1-25-26(2)45(24-44(25)3)39(34-11-7-5-9-30(34)32-17-20-41-23-36(32)39)28-14-12-27(13-15-28)38(37-18-21-42-43-37)33-10-6-4-8-29(33)31-16-19-40-22-35(31)38;;/h4-20,22-24H,1-3H3;4-12,14-24H,1-3H3;;/q2*-3;;. The number of aromatic nitrogens is 8. The molecule has 0 saturated carbocycles. The normalized spacial score (nSPS) is 20.7. The zero-order valence-corrected chi connectivity index (χ0v) is 55.6. The Bertz CT molecular complexity index is 4760. The second-order valence-corrected chi connectivity index (χ2v) is 24.1. The minimum Gasteiger partial charge on any atom is -0.581 e. The van der Waals surface area contributed by atoms with Gasteiger partial charge in [-0.05, 0) is 172 Å². The number of benzene rings is 6. The van der Waals surface area contributed by atoms with Gasteiger partial charge in [0.05, 0.1) is 16.4 Å². The van der Waals surface area contributed by atoms with Crippen LogP contribution in [0.4, 0.5) is 0 Å². The van der Waals surface area contributed by atoms with E-state index in [4.69, 9.17) is 10.1 Å². The smallest absolute Gasteiger partial charge is 0.0703 e. The van der Waals surface area contributed by atoms with E-state index in [1.165, 1.54) is 67.3 Å². The summed E-state index contributed by atoms with van der Waals surface area (Å²) in [5, 5.41) is 18.0. The van der Waals surface area contributed by atoms with Crippen LogP contribution in [0.1, 0.15) is 106 Å². The number of allylic oxidation sites excluding steroid dienone is 4. The van der Waals surface area contributed by atoms with Gasteiger partial charge in [-0.2, -0.15) is 74.3 Å². The van der Waals surface area contributed by atoms with Gasteiger partial charge in [-0.15, -0.1) is 22.3 Å². The third kappa shape index (κ3) is 7.71. The molecular weight excluding hydrogens is 1500 g/mol. The van der Waals surface area contributed by atoms with Gasteiger partial charge in [0.15, 0.2) is 0 Å². The number of nitrogens with zero attached hydrogens (tertiary/aromatic N) is 12. The van der Waals surface area contributed by atoms with Gasteiger partial charge in [0.2, 0.25) is 0 Å². The maximum absolute atomic E-state index is 4.73. The largest absolute Gasteiger partial charge is 0.581 e. The van der Waals surface area contributed by atoms with Crippen molar-refractivity contribution in [1.82, 2.24) is 59.9 Å². The third-order valence-corrected chi connectivity index (χ3v) is 20.4. The molecule has 6 aliphatic rings. The molecule has 2 aliphatic heterocycles. The third-order valence-electron chi connectivity index (χ3n) is 20.4. The van der Waals surface area contributed by atoms with Crippen LogP contribution in [-0.4, -0.2) is 63.8 Å². The monoisotopic (exact) mass is 1550 g/mol. The first-order valence-corrected chi connectivity index (χ1v) is 30.4. The minimum atomic E-state index is -0.740. The maximum atomic E-state index is 4.73. The van der Waals surface area contributed by atoms with Crippen LogP contribution in [-0.2, 0) is 64.0 Å². The molecule has 8 heterocycles. The zero-order chi connectivity index (χ0) is 60.7. The van der Waals surface area contributed by atoms with Gasteiger partial charge in [-0.3, -0.25) is 19.9 Å². The van der Waals surface area contributed by atoms with E-state index in [9.17, 15) is 0 Å². The molecule has 0 saturated heterocycles. The van der Waals surface area contributed by atoms with E-state index in [1.807, 2.05) is 61.7 Å². The van der Waals surface area contributed by atoms with Crippen LogP contribution in [0, 0.1) is 25.5 Å². The molecule has 0 fully saturated rings. The number of hydrogen-bond acceptors (Lipinski definition) is 10. The van der Waals surface area contributed by atoms with Crippen molar-refractivity contribution in [1.29, 1.82) is 0 Å².